The molecule has 218 valence electrons. The van der Waals surface area contributed by atoms with Crippen molar-refractivity contribution in [1.82, 2.24) is 19.9 Å². The maximum atomic E-state index is 6.78. The molecule has 0 aliphatic heterocycles. The second-order valence-electron chi connectivity index (χ2n) is 11.5. The van der Waals surface area contributed by atoms with Crippen molar-refractivity contribution in [3.05, 3.63) is 152 Å². The van der Waals surface area contributed by atoms with Gasteiger partial charge in [0, 0.05) is 35.4 Å². The van der Waals surface area contributed by atoms with Gasteiger partial charge in [-0.25, -0.2) is 0 Å². The average Bonchev–Trinajstić information content (AvgIpc) is 3.94. The Balaban J connectivity index is 1.46. The summed E-state index contributed by atoms with van der Waals surface area (Å²) >= 11 is 0. The Morgan fingerprint density at radius 1 is 0.348 bits per heavy atom. The van der Waals surface area contributed by atoms with Gasteiger partial charge in [-0.2, -0.15) is 0 Å². The number of fused-ring (bicyclic) bond motifs is 12. The van der Waals surface area contributed by atoms with E-state index in [-0.39, 0.29) is 0 Å². The van der Waals surface area contributed by atoms with E-state index in [1.54, 1.807) is 0 Å². The highest BCUT2D eigenvalue weighted by Crippen LogP contribution is 2.35. The molecule has 9 aromatic rings. The first-order valence-electron chi connectivity index (χ1n) is 15.4. The van der Waals surface area contributed by atoms with Crippen molar-refractivity contribution in [1.29, 1.82) is 0 Å². The van der Waals surface area contributed by atoms with Crippen LogP contribution in [-0.2, 0) is 0 Å². The lowest BCUT2D eigenvalue weighted by atomic mass is 10.1. The molecule has 9 rings (SSSR count). The summed E-state index contributed by atoms with van der Waals surface area (Å²) in [7, 11) is 0. The van der Waals surface area contributed by atoms with E-state index in [9.17, 15) is 0 Å². The number of nitrogens with one attached hydrogen (secondary N) is 4. The number of hydrogen-bond donors (Lipinski definition) is 4. The molecule has 5 nitrogen and oxygen atoms in total. The zero-order valence-electron chi connectivity index (χ0n) is 24.8. The van der Waals surface area contributed by atoms with Crippen LogP contribution in [0.25, 0.3) is 88.7 Å². The maximum absolute atomic E-state index is 6.78. The number of aromatic nitrogens is 4. The fourth-order valence-electron chi connectivity index (χ4n) is 6.53. The minimum absolute atomic E-state index is 0.789. The molecule has 0 atom stereocenters. The molecule has 5 heteroatoms. The highest BCUT2D eigenvalue weighted by atomic mass is 16.3. The number of H-pyrrole nitrogens is 4. The Bertz CT molecular complexity index is 2460. The summed E-state index contributed by atoms with van der Waals surface area (Å²) < 4.78 is 6.78. The van der Waals surface area contributed by atoms with E-state index in [1.165, 1.54) is 0 Å². The van der Waals surface area contributed by atoms with Crippen LogP contribution in [0, 0.1) is 0 Å². The molecule has 6 aromatic heterocycles. The van der Waals surface area contributed by atoms with Gasteiger partial charge in [0.15, 0.2) is 0 Å². The van der Waals surface area contributed by atoms with Crippen LogP contribution >= 0.6 is 0 Å². The number of hydrogen-bond acceptors (Lipinski definition) is 1. The standard InChI is InChI=1S/C41H29N4O/c1-4-10-26(11-5-1)39-33-20-16-29(42-33)31-18-22-35(44-31)40(27-12-6-2-7-13-27)37-24-25-38(46-37)41(28-14-8-3-9-15-28)36-23-19-32(45-36)30-17-21-34(39)43-30/h1-25,42-45H/q+1. The zero-order valence-corrected chi connectivity index (χ0v) is 24.8. The lowest BCUT2D eigenvalue weighted by Gasteiger charge is -2.03. The van der Waals surface area contributed by atoms with Gasteiger partial charge in [0.05, 0.1) is 38.7 Å². The molecular weight excluding hydrogens is 564 g/mol. The first kappa shape index (κ1) is 26.1. The highest BCUT2D eigenvalue weighted by molar-refractivity contribution is 5.99. The van der Waals surface area contributed by atoms with Crippen molar-refractivity contribution in [2.24, 2.45) is 0 Å². The fraction of sp³-hybridized carbons (Fsp3) is 0. The molecule has 10 bridgehead atoms. The first-order chi connectivity index (χ1) is 22.8. The minimum Gasteiger partial charge on any atom is -0.456 e. The largest absolute Gasteiger partial charge is 0.456 e. The van der Waals surface area contributed by atoms with Gasteiger partial charge in [0.25, 0.3) is 0 Å². The molecule has 46 heavy (non-hydrogen) atoms. The van der Waals surface area contributed by atoms with Gasteiger partial charge in [-0.1, -0.05) is 60.7 Å². The van der Waals surface area contributed by atoms with Crippen LogP contribution in [0.3, 0.4) is 0 Å². The SMILES string of the molecule is c1ccc(-c2c3ccc([nH]3)c3ccc([nH]3)[c+](-c3ccccc3)c3ccc([nH]3)c3ccc([nH]3)c(-c3ccccc3)c3ccc2o3)cc1. The second-order valence-corrected chi connectivity index (χ2v) is 11.5. The van der Waals surface area contributed by atoms with Crippen LogP contribution in [0.2, 0.25) is 0 Å². The van der Waals surface area contributed by atoms with Crippen LogP contribution in [0.5, 0.6) is 0 Å². The molecule has 0 amide bonds. The van der Waals surface area contributed by atoms with Crippen molar-refractivity contribution in [3.8, 4) is 33.4 Å². The summed E-state index contributed by atoms with van der Waals surface area (Å²) in [5, 5.41) is 0. The van der Waals surface area contributed by atoms with Gasteiger partial charge in [-0.05, 0) is 77.9 Å². The van der Waals surface area contributed by atoms with E-state index in [0.717, 1.165) is 88.7 Å². The number of rotatable bonds is 3. The fourth-order valence-corrected chi connectivity index (χ4v) is 6.53. The summed E-state index contributed by atoms with van der Waals surface area (Å²) in [6.45, 7) is 0. The molecule has 0 fully saturated rings. The molecule has 0 aliphatic carbocycles. The van der Waals surface area contributed by atoms with Gasteiger partial charge < -0.3 is 24.4 Å². The van der Waals surface area contributed by atoms with E-state index < -0.39 is 0 Å². The normalized spacial score (nSPS) is 11.5. The van der Waals surface area contributed by atoms with Gasteiger partial charge >= 0.3 is 0 Å². The van der Waals surface area contributed by atoms with Crippen LogP contribution in [-0.4, -0.2) is 19.9 Å². The van der Waals surface area contributed by atoms with E-state index in [1.807, 2.05) is 12.1 Å². The third-order valence-corrected chi connectivity index (χ3v) is 8.69. The summed E-state index contributed by atoms with van der Waals surface area (Å²) in [5.74, 6) is 0. The van der Waals surface area contributed by atoms with E-state index in [0.29, 0.717) is 0 Å². The Hall–Kier alpha value is -6.33. The van der Waals surface area contributed by atoms with E-state index in [2.05, 4.69) is 159 Å². The molecule has 0 unspecified atom stereocenters. The lowest BCUT2D eigenvalue weighted by Crippen LogP contribution is -1.81. The topological polar surface area (TPSA) is 76.3 Å². The average molecular weight is 594 g/mol. The summed E-state index contributed by atoms with van der Waals surface area (Å²) in [5.41, 5.74) is 16.0. The highest BCUT2D eigenvalue weighted by Gasteiger charge is 2.15. The van der Waals surface area contributed by atoms with Crippen LogP contribution in [0.15, 0.2) is 156 Å². The molecule has 4 N–H and O–H groups in total. The molecular formula is C41H29N4O+. The lowest BCUT2D eigenvalue weighted by molar-refractivity contribution is 0.668. The Labute approximate surface area is 264 Å². The van der Waals surface area contributed by atoms with Crippen molar-refractivity contribution in [2.75, 3.05) is 0 Å². The number of furan rings is 1. The molecule has 3 aromatic carbocycles. The van der Waals surface area contributed by atoms with Crippen molar-refractivity contribution in [2.45, 2.75) is 0 Å². The Kier molecular flexibility index (Phi) is 6.06. The number of aromatic amines is 4. The van der Waals surface area contributed by atoms with Crippen LogP contribution < -0.4 is 0 Å². The Morgan fingerprint density at radius 2 is 0.739 bits per heavy atom. The summed E-state index contributed by atoms with van der Waals surface area (Å²) in [6, 6.07) is 52.6. The van der Waals surface area contributed by atoms with Crippen LogP contribution in [0.1, 0.15) is 0 Å². The van der Waals surface area contributed by atoms with Crippen molar-refractivity contribution < 1.29 is 4.42 Å². The maximum Gasteiger partial charge on any atom is 0.137 e. The molecule has 0 saturated carbocycles. The van der Waals surface area contributed by atoms with Crippen molar-refractivity contribution >= 4 is 55.3 Å². The van der Waals surface area contributed by atoms with Crippen LogP contribution in [0.4, 0.5) is 0 Å². The minimum atomic E-state index is 0.789. The van der Waals surface area contributed by atoms with E-state index >= 15 is 0 Å². The molecule has 6 heterocycles. The predicted octanol–water partition coefficient (Wildman–Crippen LogP) is 11.3. The molecule has 0 aliphatic rings. The van der Waals surface area contributed by atoms with Gasteiger partial charge in [-0.15, -0.1) is 0 Å². The quantitative estimate of drug-likeness (QED) is 0.151. The monoisotopic (exact) mass is 593 g/mol. The second kappa shape index (κ2) is 10.7. The summed E-state index contributed by atoms with van der Waals surface area (Å²) in [6.07, 6.45) is 0. The van der Waals surface area contributed by atoms with Gasteiger partial charge in [0.1, 0.15) is 27.8 Å². The van der Waals surface area contributed by atoms with Gasteiger partial charge in [-0.3, -0.25) is 0 Å². The zero-order chi connectivity index (χ0) is 30.5. The third-order valence-electron chi connectivity index (χ3n) is 8.69. The third kappa shape index (κ3) is 4.45. The summed E-state index contributed by atoms with van der Waals surface area (Å²) in [4.78, 5) is 14.8. The number of benzene rings is 3. The predicted molar refractivity (Wildman–Crippen MR) is 191 cm³/mol. The Morgan fingerprint density at radius 3 is 1.22 bits per heavy atom. The first-order valence-corrected chi connectivity index (χ1v) is 15.4. The molecule has 0 saturated heterocycles. The molecule has 0 spiro atoms. The van der Waals surface area contributed by atoms with Crippen molar-refractivity contribution in [3.63, 3.8) is 0 Å². The van der Waals surface area contributed by atoms with E-state index in [4.69, 9.17) is 4.42 Å². The molecule has 0 radical (unpaired) electrons. The van der Waals surface area contributed by atoms with Gasteiger partial charge in [0.2, 0.25) is 0 Å². The smallest absolute Gasteiger partial charge is 0.137 e.